The average molecular weight is 417 g/mol. The largest absolute Gasteiger partial charge is 0.393 e. The Bertz CT molecular complexity index is 1120. The van der Waals surface area contributed by atoms with E-state index in [4.69, 9.17) is 4.98 Å². The van der Waals surface area contributed by atoms with Crippen LogP contribution in [0, 0.1) is 42.4 Å². The summed E-state index contributed by atoms with van der Waals surface area (Å²) in [6, 6.07) is 4.56. The van der Waals surface area contributed by atoms with Crippen molar-refractivity contribution in [2.45, 2.75) is 78.7 Å². The van der Waals surface area contributed by atoms with Crippen LogP contribution in [0.4, 0.5) is 0 Å². The van der Waals surface area contributed by atoms with Crippen LogP contribution in [0.3, 0.4) is 0 Å². The molecule has 6 atom stereocenters. The molecule has 1 heterocycles. The number of aliphatic hydroxyl groups is 1. The molecular weight excluding hydrogens is 380 g/mol. The van der Waals surface area contributed by atoms with Crippen LogP contribution in [0.25, 0.3) is 16.7 Å². The lowest BCUT2D eigenvalue weighted by Gasteiger charge is -2.57. The van der Waals surface area contributed by atoms with Gasteiger partial charge in [0.25, 0.3) is 0 Å². The summed E-state index contributed by atoms with van der Waals surface area (Å²) in [6.07, 6.45) is 15.0. The lowest BCUT2D eigenvalue weighted by Crippen LogP contribution is -2.50. The van der Waals surface area contributed by atoms with Crippen LogP contribution < -0.4 is 0 Å². The molecule has 2 aromatic rings. The molecule has 1 aromatic carbocycles. The molecule has 0 spiro atoms. The molecule has 3 heteroatoms. The van der Waals surface area contributed by atoms with Gasteiger partial charge in [-0.15, -0.1) is 0 Å². The van der Waals surface area contributed by atoms with Gasteiger partial charge in [0, 0.05) is 11.1 Å². The van der Waals surface area contributed by atoms with E-state index in [1.54, 1.807) is 5.57 Å². The fourth-order valence-electron chi connectivity index (χ4n) is 8.02. The molecule has 1 N–H and O–H groups in total. The number of aryl methyl sites for hydroxylation is 2. The van der Waals surface area contributed by atoms with Gasteiger partial charge in [-0.05, 0) is 105 Å². The molecule has 2 saturated carbocycles. The Balaban J connectivity index is 1.37. The maximum absolute atomic E-state index is 10.3. The number of nitrogens with zero attached hydrogens (tertiary/aromatic N) is 2. The second-order valence-electron chi connectivity index (χ2n) is 11.5. The molecule has 0 saturated heterocycles. The predicted octanol–water partition coefficient (Wildman–Crippen LogP) is 6.43. The zero-order valence-corrected chi connectivity index (χ0v) is 19.5. The number of hydrogen-bond donors (Lipinski definition) is 1. The van der Waals surface area contributed by atoms with Crippen LogP contribution in [0.1, 0.15) is 69.9 Å². The van der Waals surface area contributed by atoms with Gasteiger partial charge < -0.3 is 9.67 Å². The number of benzene rings is 1. The number of rotatable bonds is 1. The Kier molecular flexibility index (Phi) is 4.19. The SMILES string of the molecule is Cc1cc2ncn(C3=CCC4C5CC=C6C[C@@H](O)CC[C@]6(C)C5CC[C@]34C)c2cc1C. The van der Waals surface area contributed by atoms with E-state index in [0.29, 0.717) is 11.3 Å². The third-order valence-electron chi connectivity index (χ3n) is 10.0. The maximum atomic E-state index is 10.3. The van der Waals surface area contributed by atoms with Crippen molar-refractivity contribution in [2.75, 3.05) is 0 Å². The molecule has 3 unspecified atom stereocenters. The van der Waals surface area contributed by atoms with Gasteiger partial charge in [-0.3, -0.25) is 0 Å². The van der Waals surface area contributed by atoms with Crippen LogP contribution in [-0.2, 0) is 0 Å². The Morgan fingerprint density at radius 3 is 2.58 bits per heavy atom. The number of fused-ring (bicyclic) bond motifs is 6. The Labute approximate surface area is 186 Å². The summed E-state index contributed by atoms with van der Waals surface area (Å²) in [5.41, 5.74) is 8.62. The summed E-state index contributed by atoms with van der Waals surface area (Å²) in [4.78, 5) is 4.78. The van der Waals surface area contributed by atoms with Gasteiger partial charge in [0.15, 0.2) is 0 Å². The van der Waals surface area contributed by atoms with Crippen LogP contribution in [0.5, 0.6) is 0 Å². The molecule has 0 radical (unpaired) electrons. The quantitative estimate of drug-likeness (QED) is 0.544. The zero-order chi connectivity index (χ0) is 21.5. The van der Waals surface area contributed by atoms with Crippen molar-refractivity contribution in [3.8, 4) is 0 Å². The summed E-state index contributed by atoms with van der Waals surface area (Å²) in [6.45, 7) is 9.43. The third-order valence-corrected chi connectivity index (χ3v) is 10.0. The molecule has 1 aromatic heterocycles. The standard InChI is InChI=1S/C28H36N2O/c1-17-13-24-25(14-18(17)2)30(16-29-24)26-8-7-22-21-6-5-19-15-20(31)9-11-27(19,3)23(21)10-12-28(22,26)4/h5,8,13-14,16,20-23,31H,6-7,9-12,15H2,1-4H3/t20-,21?,22?,23?,27-,28-/m0/s1. The van der Waals surface area contributed by atoms with Gasteiger partial charge in [-0.25, -0.2) is 4.98 Å². The highest BCUT2D eigenvalue weighted by Gasteiger charge is 2.57. The highest BCUT2D eigenvalue weighted by Crippen LogP contribution is 2.65. The summed E-state index contributed by atoms with van der Waals surface area (Å²) >= 11 is 0. The number of aliphatic hydroxyl groups excluding tert-OH is 1. The second kappa shape index (κ2) is 6.57. The fourth-order valence-corrected chi connectivity index (χ4v) is 8.02. The zero-order valence-electron chi connectivity index (χ0n) is 19.5. The van der Waals surface area contributed by atoms with E-state index in [1.807, 2.05) is 0 Å². The summed E-state index contributed by atoms with van der Waals surface area (Å²) in [5.74, 6) is 2.25. The minimum Gasteiger partial charge on any atom is -0.393 e. The summed E-state index contributed by atoms with van der Waals surface area (Å²) < 4.78 is 2.41. The minimum atomic E-state index is -0.119. The van der Waals surface area contributed by atoms with E-state index in [2.05, 4.69) is 62.9 Å². The molecule has 4 aliphatic carbocycles. The molecule has 3 nitrogen and oxygen atoms in total. The van der Waals surface area contributed by atoms with E-state index < -0.39 is 0 Å². The third kappa shape index (κ3) is 2.65. The van der Waals surface area contributed by atoms with E-state index >= 15 is 0 Å². The molecule has 164 valence electrons. The van der Waals surface area contributed by atoms with E-state index in [1.165, 1.54) is 48.0 Å². The van der Waals surface area contributed by atoms with Gasteiger partial charge in [0.1, 0.15) is 6.33 Å². The smallest absolute Gasteiger partial charge is 0.100 e. The summed E-state index contributed by atoms with van der Waals surface area (Å²) in [7, 11) is 0. The first-order valence-electron chi connectivity index (χ1n) is 12.3. The van der Waals surface area contributed by atoms with Crippen molar-refractivity contribution in [1.29, 1.82) is 0 Å². The molecule has 4 aliphatic rings. The molecule has 6 rings (SSSR count). The van der Waals surface area contributed by atoms with Crippen LogP contribution >= 0.6 is 0 Å². The predicted molar refractivity (Wildman–Crippen MR) is 127 cm³/mol. The molecule has 0 aliphatic heterocycles. The molecule has 0 amide bonds. The van der Waals surface area contributed by atoms with Crippen molar-refractivity contribution < 1.29 is 5.11 Å². The van der Waals surface area contributed by atoms with Crippen molar-refractivity contribution in [3.05, 3.63) is 47.3 Å². The van der Waals surface area contributed by atoms with Gasteiger partial charge in [-0.1, -0.05) is 31.6 Å². The molecular formula is C28H36N2O. The normalized spacial score (nSPS) is 39.5. The molecule has 31 heavy (non-hydrogen) atoms. The number of hydrogen-bond acceptors (Lipinski definition) is 2. The maximum Gasteiger partial charge on any atom is 0.100 e. The Morgan fingerprint density at radius 1 is 0.968 bits per heavy atom. The van der Waals surface area contributed by atoms with E-state index in [0.717, 1.165) is 36.6 Å². The first-order chi connectivity index (χ1) is 14.8. The highest BCUT2D eigenvalue weighted by atomic mass is 16.3. The average Bonchev–Trinajstić information content (AvgIpc) is 3.28. The van der Waals surface area contributed by atoms with Gasteiger partial charge in [-0.2, -0.15) is 0 Å². The Morgan fingerprint density at radius 2 is 1.74 bits per heavy atom. The van der Waals surface area contributed by atoms with Crippen molar-refractivity contribution in [3.63, 3.8) is 0 Å². The lowest BCUT2D eigenvalue weighted by atomic mass is 9.48. The first-order valence-corrected chi connectivity index (χ1v) is 12.3. The van der Waals surface area contributed by atoms with Crippen LogP contribution in [0.15, 0.2) is 36.2 Å². The van der Waals surface area contributed by atoms with Crippen LogP contribution in [0.2, 0.25) is 0 Å². The highest BCUT2D eigenvalue weighted by molar-refractivity contribution is 5.82. The topological polar surface area (TPSA) is 38.0 Å². The van der Waals surface area contributed by atoms with E-state index in [9.17, 15) is 5.11 Å². The van der Waals surface area contributed by atoms with Crippen molar-refractivity contribution in [2.24, 2.45) is 28.6 Å². The summed E-state index contributed by atoms with van der Waals surface area (Å²) in [5, 5.41) is 10.3. The van der Waals surface area contributed by atoms with Gasteiger partial charge >= 0.3 is 0 Å². The Hall–Kier alpha value is -1.87. The van der Waals surface area contributed by atoms with Crippen molar-refractivity contribution in [1.82, 2.24) is 9.55 Å². The molecule has 0 bridgehead atoms. The van der Waals surface area contributed by atoms with Gasteiger partial charge in [0.2, 0.25) is 0 Å². The fraction of sp³-hybridized carbons (Fsp3) is 0.607. The monoisotopic (exact) mass is 416 g/mol. The number of imidazole rings is 1. The number of aromatic nitrogens is 2. The second-order valence-corrected chi connectivity index (χ2v) is 11.5. The lowest BCUT2D eigenvalue weighted by molar-refractivity contribution is -0.0249. The minimum absolute atomic E-state index is 0.119. The number of allylic oxidation sites excluding steroid dienone is 3. The van der Waals surface area contributed by atoms with Crippen molar-refractivity contribution >= 4 is 16.7 Å². The van der Waals surface area contributed by atoms with Gasteiger partial charge in [0.05, 0.1) is 17.1 Å². The molecule has 2 fully saturated rings. The first kappa shape index (κ1) is 19.8. The van der Waals surface area contributed by atoms with E-state index in [-0.39, 0.29) is 11.5 Å². The van der Waals surface area contributed by atoms with Crippen LogP contribution in [-0.4, -0.2) is 20.8 Å².